The summed E-state index contributed by atoms with van der Waals surface area (Å²) in [7, 11) is 1.43. The maximum Gasteiger partial charge on any atom is 0.345 e. The lowest BCUT2D eigenvalue weighted by atomic mass is 10.1. The third-order valence-corrected chi connectivity index (χ3v) is 2.84. The molecule has 98 valence electrons. The number of halogens is 1. The number of hydrogen-bond donors (Lipinski definition) is 0. The molecule has 0 spiro atoms. The van der Waals surface area contributed by atoms with Crippen LogP contribution in [0.15, 0.2) is 12.1 Å². The number of methoxy groups -OCH3 is 1. The molecule has 0 aromatic heterocycles. The summed E-state index contributed by atoms with van der Waals surface area (Å²) in [5.74, 6) is -0.329. The standard InChI is InChI=1S/C11H12BrNO5/c1-3-18-11(14)8-5-10(17-2)7(6-12)4-9(8)13(15)16/h4-5H,3,6H2,1-2H3. The lowest BCUT2D eigenvalue weighted by Crippen LogP contribution is -2.09. The summed E-state index contributed by atoms with van der Waals surface area (Å²) in [6.45, 7) is 1.78. The number of nitro benzene ring substituents is 1. The van der Waals surface area contributed by atoms with Gasteiger partial charge in [-0.2, -0.15) is 0 Å². The van der Waals surface area contributed by atoms with Gasteiger partial charge >= 0.3 is 5.97 Å². The number of ether oxygens (including phenoxy) is 2. The molecular formula is C11H12BrNO5. The Labute approximate surface area is 112 Å². The minimum absolute atomic E-state index is 0.108. The largest absolute Gasteiger partial charge is 0.496 e. The molecule has 0 saturated heterocycles. The fraction of sp³-hybridized carbons (Fsp3) is 0.364. The topological polar surface area (TPSA) is 78.7 Å². The van der Waals surface area contributed by atoms with Crippen molar-refractivity contribution in [2.24, 2.45) is 0 Å². The average Bonchev–Trinajstić information content (AvgIpc) is 2.37. The van der Waals surface area contributed by atoms with E-state index in [0.29, 0.717) is 16.6 Å². The van der Waals surface area contributed by atoms with Gasteiger partial charge in [0.15, 0.2) is 0 Å². The number of hydrogen-bond acceptors (Lipinski definition) is 5. The maximum atomic E-state index is 11.6. The van der Waals surface area contributed by atoms with Gasteiger partial charge in [-0.3, -0.25) is 10.1 Å². The van der Waals surface area contributed by atoms with E-state index in [1.807, 2.05) is 0 Å². The van der Waals surface area contributed by atoms with Gasteiger partial charge in [0.2, 0.25) is 0 Å². The molecule has 1 aromatic carbocycles. The predicted octanol–water partition coefficient (Wildman–Crippen LogP) is 2.68. The highest BCUT2D eigenvalue weighted by Crippen LogP contribution is 2.30. The van der Waals surface area contributed by atoms with Crippen molar-refractivity contribution >= 4 is 27.6 Å². The molecule has 0 aliphatic carbocycles. The number of benzene rings is 1. The molecule has 0 bridgehead atoms. The summed E-state index contributed by atoms with van der Waals surface area (Å²) < 4.78 is 9.86. The van der Waals surface area contributed by atoms with E-state index in [1.165, 1.54) is 19.2 Å². The number of alkyl halides is 1. The van der Waals surface area contributed by atoms with E-state index in [0.717, 1.165) is 0 Å². The van der Waals surface area contributed by atoms with Gasteiger partial charge in [0.25, 0.3) is 5.69 Å². The highest BCUT2D eigenvalue weighted by atomic mass is 79.9. The Balaban J connectivity index is 3.37. The summed E-state index contributed by atoms with van der Waals surface area (Å²) in [6.07, 6.45) is 0. The monoisotopic (exact) mass is 317 g/mol. The van der Waals surface area contributed by atoms with E-state index < -0.39 is 10.9 Å². The van der Waals surface area contributed by atoms with Gasteiger partial charge < -0.3 is 9.47 Å². The molecule has 0 fully saturated rings. The molecule has 0 saturated carbocycles. The Bertz CT molecular complexity index is 475. The van der Waals surface area contributed by atoms with Crippen molar-refractivity contribution in [3.8, 4) is 5.75 Å². The van der Waals surface area contributed by atoms with Crippen LogP contribution in [-0.4, -0.2) is 24.6 Å². The molecule has 0 heterocycles. The Hall–Kier alpha value is -1.63. The van der Waals surface area contributed by atoms with Gasteiger partial charge in [0.05, 0.1) is 18.6 Å². The molecule has 0 atom stereocenters. The predicted molar refractivity (Wildman–Crippen MR) is 68.2 cm³/mol. The van der Waals surface area contributed by atoms with Gasteiger partial charge in [-0.25, -0.2) is 4.79 Å². The molecule has 0 radical (unpaired) electrons. The van der Waals surface area contributed by atoms with Gasteiger partial charge in [0, 0.05) is 23.0 Å². The van der Waals surface area contributed by atoms with Gasteiger partial charge in [-0.05, 0) is 6.92 Å². The van der Waals surface area contributed by atoms with E-state index in [2.05, 4.69) is 15.9 Å². The molecule has 0 N–H and O–H groups in total. The smallest absolute Gasteiger partial charge is 0.345 e. The van der Waals surface area contributed by atoms with E-state index in [9.17, 15) is 14.9 Å². The molecule has 0 aliphatic heterocycles. The minimum atomic E-state index is -0.733. The molecule has 7 heteroatoms. The molecule has 1 aromatic rings. The van der Waals surface area contributed by atoms with Crippen molar-refractivity contribution in [3.05, 3.63) is 33.4 Å². The number of nitro groups is 1. The number of rotatable bonds is 5. The zero-order chi connectivity index (χ0) is 13.7. The molecule has 18 heavy (non-hydrogen) atoms. The van der Waals surface area contributed by atoms with Crippen LogP contribution >= 0.6 is 15.9 Å². The van der Waals surface area contributed by atoms with E-state index in [4.69, 9.17) is 9.47 Å². The number of esters is 1. The summed E-state index contributed by atoms with van der Waals surface area (Å²) in [6, 6.07) is 2.63. The number of carbonyl (C=O) groups is 1. The molecular weight excluding hydrogens is 306 g/mol. The zero-order valence-corrected chi connectivity index (χ0v) is 11.5. The maximum absolute atomic E-state index is 11.6. The molecule has 0 aliphatic rings. The van der Waals surface area contributed by atoms with Crippen molar-refractivity contribution < 1.29 is 19.2 Å². The highest BCUT2D eigenvalue weighted by Gasteiger charge is 2.24. The van der Waals surface area contributed by atoms with E-state index >= 15 is 0 Å². The lowest BCUT2D eigenvalue weighted by Gasteiger charge is -2.09. The van der Waals surface area contributed by atoms with Crippen LogP contribution in [0.2, 0.25) is 0 Å². The summed E-state index contributed by atoms with van der Waals surface area (Å²) in [5, 5.41) is 11.3. The number of carbonyl (C=O) groups excluding carboxylic acids is 1. The van der Waals surface area contributed by atoms with Crippen LogP contribution in [0.3, 0.4) is 0 Å². The van der Waals surface area contributed by atoms with Crippen LogP contribution in [0.4, 0.5) is 5.69 Å². The minimum Gasteiger partial charge on any atom is -0.496 e. The second kappa shape index (κ2) is 6.34. The Morgan fingerprint density at radius 1 is 1.50 bits per heavy atom. The van der Waals surface area contributed by atoms with Gasteiger partial charge in [-0.1, -0.05) is 15.9 Å². The van der Waals surface area contributed by atoms with Crippen molar-refractivity contribution in [2.75, 3.05) is 13.7 Å². The van der Waals surface area contributed by atoms with Crippen LogP contribution in [0, 0.1) is 10.1 Å². The van der Waals surface area contributed by atoms with Crippen LogP contribution in [-0.2, 0) is 10.1 Å². The summed E-state index contributed by atoms with van der Waals surface area (Å²) >= 11 is 3.21. The molecule has 1 rings (SSSR count). The van der Waals surface area contributed by atoms with Crippen molar-refractivity contribution in [1.82, 2.24) is 0 Å². The highest BCUT2D eigenvalue weighted by molar-refractivity contribution is 9.08. The molecule has 0 amide bonds. The normalized spacial score (nSPS) is 9.94. The first-order valence-corrected chi connectivity index (χ1v) is 6.25. The SMILES string of the molecule is CCOC(=O)c1cc(OC)c(CBr)cc1[N+](=O)[O-]. The van der Waals surface area contributed by atoms with Crippen molar-refractivity contribution in [2.45, 2.75) is 12.3 Å². The summed E-state index contributed by atoms with van der Waals surface area (Å²) in [4.78, 5) is 22.0. The third-order valence-electron chi connectivity index (χ3n) is 2.23. The second-order valence-electron chi connectivity index (χ2n) is 3.29. The van der Waals surface area contributed by atoms with Crippen molar-refractivity contribution in [1.29, 1.82) is 0 Å². The Morgan fingerprint density at radius 2 is 2.17 bits per heavy atom. The van der Waals surface area contributed by atoms with Crippen LogP contribution in [0.1, 0.15) is 22.8 Å². The Morgan fingerprint density at radius 3 is 2.61 bits per heavy atom. The zero-order valence-electron chi connectivity index (χ0n) is 9.94. The fourth-order valence-corrected chi connectivity index (χ4v) is 1.87. The second-order valence-corrected chi connectivity index (χ2v) is 3.85. The molecule has 0 unspecified atom stereocenters. The Kier molecular flexibility index (Phi) is 5.08. The van der Waals surface area contributed by atoms with Gasteiger partial charge in [0.1, 0.15) is 11.3 Å². The van der Waals surface area contributed by atoms with Crippen LogP contribution < -0.4 is 4.74 Å². The van der Waals surface area contributed by atoms with Gasteiger partial charge in [-0.15, -0.1) is 0 Å². The van der Waals surface area contributed by atoms with E-state index in [1.54, 1.807) is 6.92 Å². The average molecular weight is 318 g/mol. The fourth-order valence-electron chi connectivity index (χ4n) is 1.43. The lowest BCUT2D eigenvalue weighted by molar-refractivity contribution is -0.385. The first-order valence-electron chi connectivity index (χ1n) is 5.13. The first kappa shape index (κ1) is 14.4. The quantitative estimate of drug-likeness (QED) is 0.361. The van der Waals surface area contributed by atoms with E-state index in [-0.39, 0.29) is 17.9 Å². The number of nitrogens with zero attached hydrogens (tertiary/aromatic N) is 1. The van der Waals surface area contributed by atoms with Crippen molar-refractivity contribution in [3.63, 3.8) is 0 Å². The first-order chi connectivity index (χ1) is 8.54. The summed E-state index contributed by atoms with van der Waals surface area (Å²) in [5.41, 5.74) is 0.198. The molecule has 6 nitrogen and oxygen atoms in total. The van der Waals surface area contributed by atoms with Crippen LogP contribution in [0.5, 0.6) is 5.75 Å². The van der Waals surface area contributed by atoms with Crippen LogP contribution in [0.25, 0.3) is 0 Å². The third kappa shape index (κ3) is 2.98.